The van der Waals surface area contributed by atoms with Crippen molar-refractivity contribution in [3.05, 3.63) is 0 Å². The minimum Gasteiger partial charge on any atom is -0.393 e. The van der Waals surface area contributed by atoms with E-state index in [0.29, 0.717) is 17.3 Å². The van der Waals surface area contributed by atoms with E-state index >= 15 is 0 Å². The summed E-state index contributed by atoms with van der Waals surface area (Å²) in [6, 6.07) is 0. The molecule has 0 aromatic rings. The van der Waals surface area contributed by atoms with Gasteiger partial charge >= 0.3 is 0 Å². The van der Waals surface area contributed by atoms with Crippen LogP contribution in [0.15, 0.2) is 0 Å². The van der Waals surface area contributed by atoms with Gasteiger partial charge in [-0.15, -0.1) is 0 Å². The lowest BCUT2D eigenvalue weighted by Crippen LogP contribution is -2.41. The minimum absolute atomic E-state index is 0.0391. The molecule has 0 aromatic heterocycles. The Hall–Kier alpha value is -0.0400. The first kappa shape index (κ1) is 9.51. The molecule has 2 unspecified atom stereocenters. The van der Waals surface area contributed by atoms with Gasteiger partial charge in [0.05, 0.1) is 6.10 Å². The molecule has 0 saturated heterocycles. The van der Waals surface area contributed by atoms with Crippen molar-refractivity contribution in [1.82, 2.24) is 0 Å². The number of aliphatic hydroxyl groups excluding tert-OH is 1. The quantitative estimate of drug-likeness (QED) is 0.696. The molecular weight excluding hydrogens is 160 g/mol. The average molecular weight is 182 g/mol. The van der Waals surface area contributed by atoms with Crippen LogP contribution in [0.3, 0.4) is 0 Å². The van der Waals surface area contributed by atoms with Crippen LogP contribution >= 0.6 is 0 Å². The summed E-state index contributed by atoms with van der Waals surface area (Å²) in [5.74, 6) is 1.07. The molecule has 1 spiro atoms. The van der Waals surface area contributed by atoms with Crippen molar-refractivity contribution >= 4 is 0 Å². The Balaban J connectivity index is 2.05. The molecule has 0 aromatic carbocycles. The zero-order valence-corrected chi connectivity index (χ0v) is 8.92. The van der Waals surface area contributed by atoms with Crippen LogP contribution in [-0.2, 0) is 0 Å². The van der Waals surface area contributed by atoms with Crippen molar-refractivity contribution in [3.8, 4) is 0 Å². The van der Waals surface area contributed by atoms with Gasteiger partial charge in [-0.1, -0.05) is 26.7 Å². The number of rotatable bonds is 2. The predicted molar refractivity (Wildman–Crippen MR) is 54.5 cm³/mol. The molecule has 1 heteroatoms. The maximum absolute atomic E-state index is 10.1. The third-order valence-electron chi connectivity index (χ3n) is 4.42. The predicted octanol–water partition coefficient (Wildman–Crippen LogP) is 2.97. The van der Waals surface area contributed by atoms with Gasteiger partial charge in [0, 0.05) is 0 Å². The first-order valence-corrected chi connectivity index (χ1v) is 5.84. The molecule has 0 heterocycles. The zero-order chi connectivity index (χ0) is 9.47. The van der Waals surface area contributed by atoms with E-state index in [4.69, 9.17) is 0 Å². The third-order valence-corrected chi connectivity index (χ3v) is 4.42. The Morgan fingerprint density at radius 2 is 1.77 bits per heavy atom. The fourth-order valence-electron chi connectivity index (χ4n) is 3.41. The smallest absolute Gasteiger partial charge is 0.0596 e. The van der Waals surface area contributed by atoms with Gasteiger partial charge in [0.25, 0.3) is 0 Å². The van der Waals surface area contributed by atoms with Gasteiger partial charge in [-0.3, -0.25) is 0 Å². The summed E-state index contributed by atoms with van der Waals surface area (Å²) in [6.45, 7) is 4.30. The molecular formula is C12H22O. The summed E-state index contributed by atoms with van der Waals surface area (Å²) in [6.07, 6.45) is 8.17. The lowest BCUT2D eigenvalue weighted by Gasteiger charge is -2.46. The largest absolute Gasteiger partial charge is 0.393 e. The van der Waals surface area contributed by atoms with Gasteiger partial charge in [0.15, 0.2) is 0 Å². The van der Waals surface area contributed by atoms with E-state index in [1.807, 2.05) is 0 Å². The second-order valence-corrected chi connectivity index (χ2v) is 5.45. The normalized spacial score (nSPS) is 33.7. The van der Waals surface area contributed by atoms with Crippen molar-refractivity contribution in [2.75, 3.05) is 0 Å². The van der Waals surface area contributed by atoms with Crippen LogP contribution in [0.4, 0.5) is 0 Å². The minimum atomic E-state index is -0.0391. The second-order valence-electron chi connectivity index (χ2n) is 5.45. The maximum Gasteiger partial charge on any atom is 0.0596 e. The molecule has 2 fully saturated rings. The molecule has 2 aliphatic carbocycles. The Kier molecular flexibility index (Phi) is 2.39. The highest BCUT2D eigenvalue weighted by Crippen LogP contribution is 2.58. The molecule has 0 aliphatic heterocycles. The fraction of sp³-hybridized carbons (Fsp3) is 1.00. The highest BCUT2D eigenvalue weighted by atomic mass is 16.3. The van der Waals surface area contributed by atoms with Gasteiger partial charge in [0.1, 0.15) is 0 Å². The van der Waals surface area contributed by atoms with E-state index in [1.165, 1.54) is 38.5 Å². The van der Waals surface area contributed by atoms with E-state index in [0.717, 1.165) is 0 Å². The Labute approximate surface area is 81.5 Å². The first-order valence-electron chi connectivity index (χ1n) is 5.84. The molecule has 1 nitrogen and oxygen atoms in total. The fourth-order valence-corrected chi connectivity index (χ4v) is 3.41. The average Bonchev–Trinajstić information content (AvgIpc) is 2.44. The van der Waals surface area contributed by atoms with Gasteiger partial charge in [-0.05, 0) is 42.9 Å². The molecule has 0 bridgehead atoms. The summed E-state index contributed by atoms with van der Waals surface area (Å²) < 4.78 is 0. The van der Waals surface area contributed by atoms with Crippen LogP contribution in [-0.4, -0.2) is 11.2 Å². The molecule has 76 valence electrons. The van der Waals surface area contributed by atoms with E-state index in [-0.39, 0.29) is 6.10 Å². The zero-order valence-electron chi connectivity index (χ0n) is 8.92. The van der Waals surface area contributed by atoms with E-state index in [1.54, 1.807) is 0 Å². The Morgan fingerprint density at radius 3 is 2.23 bits per heavy atom. The van der Waals surface area contributed by atoms with Crippen LogP contribution in [0.2, 0.25) is 0 Å². The van der Waals surface area contributed by atoms with Crippen molar-refractivity contribution in [2.24, 2.45) is 17.3 Å². The molecule has 2 aliphatic rings. The van der Waals surface area contributed by atoms with Crippen molar-refractivity contribution < 1.29 is 5.11 Å². The van der Waals surface area contributed by atoms with Crippen molar-refractivity contribution in [3.63, 3.8) is 0 Å². The van der Waals surface area contributed by atoms with Gasteiger partial charge in [-0.2, -0.15) is 0 Å². The monoisotopic (exact) mass is 182 g/mol. The van der Waals surface area contributed by atoms with Crippen LogP contribution in [0, 0.1) is 17.3 Å². The van der Waals surface area contributed by atoms with Gasteiger partial charge < -0.3 is 5.11 Å². The second kappa shape index (κ2) is 3.27. The summed E-state index contributed by atoms with van der Waals surface area (Å²) in [5, 5.41) is 10.1. The van der Waals surface area contributed by atoms with Crippen molar-refractivity contribution in [2.45, 2.75) is 58.5 Å². The highest BCUT2D eigenvalue weighted by Gasteiger charge is 2.49. The standard InChI is InChI=1S/C12H22O/c1-9(2)11(13)10-5-3-6-12(10)7-4-8-12/h9-11,13H,3-8H2,1-2H3. The van der Waals surface area contributed by atoms with Crippen LogP contribution in [0.1, 0.15) is 52.4 Å². The summed E-state index contributed by atoms with van der Waals surface area (Å²) in [7, 11) is 0. The van der Waals surface area contributed by atoms with Gasteiger partial charge in [0.2, 0.25) is 0 Å². The Bertz CT molecular complexity index is 182. The Morgan fingerprint density at radius 1 is 1.15 bits per heavy atom. The number of hydrogen-bond acceptors (Lipinski definition) is 1. The topological polar surface area (TPSA) is 20.2 Å². The molecule has 2 atom stereocenters. The molecule has 2 saturated carbocycles. The van der Waals surface area contributed by atoms with E-state index < -0.39 is 0 Å². The molecule has 0 radical (unpaired) electrons. The molecule has 13 heavy (non-hydrogen) atoms. The van der Waals surface area contributed by atoms with Gasteiger partial charge in [-0.25, -0.2) is 0 Å². The third kappa shape index (κ3) is 1.41. The SMILES string of the molecule is CC(C)C(O)C1CCCC12CCC2. The lowest BCUT2D eigenvalue weighted by atomic mass is 9.60. The summed E-state index contributed by atoms with van der Waals surface area (Å²) in [5.41, 5.74) is 0.587. The summed E-state index contributed by atoms with van der Waals surface area (Å²) >= 11 is 0. The lowest BCUT2D eigenvalue weighted by molar-refractivity contribution is -0.0327. The molecule has 1 N–H and O–H groups in total. The maximum atomic E-state index is 10.1. The van der Waals surface area contributed by atoms with E-state index in [2.05, 4.69) is 13.8 Å². The number of aliphatic hydroxyl groups is 1. The van der Waals surface area contributed by atoms with E-state index in [9.17, 15) is 5.11 Å². The summed E-state index contributed by atoms with van der Waals surface area (Å²) in [4.78, 5) is 0. The van der Waals surface area contributed by atoms with Crippen LogP contribution < -0.4 is 0 Å². The van der Waals surface area contributed by atoms with Crippen LogP contribution in [0.5, 0.6) is 0 Å². The number of hydrogen-bond donors (Lipinski definition) is 1. The molecule has 2 rings (SSSR count). The van der Waals surface area contributed by atoms with Crippen LogP contribution in [0.25, 0.3) is 0 Å². The van der Waals surface area contributed by atoms with Crippen molar-refractivity contribution in [1.29, 1.82) is 0 Å². The molecule has 0 amide bonds. The highest BCUT2D eigenvalue weighted by molar-refractivity contribution is 5.00. The first-order chi connectivity index (χ1) is 6.16.